The van der Waals surface area contributed by atoms with Crippen LogP contribution >= 0.6 is 23.5 Å². The molecule has 11 heteroatoms. The minimum Gasteiger partial charge on any atom is -1.00 e. The molecule has 0 aliphatic carbocycles. The van der Waals surface area contributed by atoms with Crippen molar-refractivity contribution in [2.24, 2.45) is 0 Å². The van der Waals surface area contributed by atoms with E-state index in [0.717, 1.165) is 11.5 Å². The second-order valence-corrected chi connectivity index (χ2v) is 9.10. The minimum atomic E-state index is -3.84. The summed E-state index contributed by atoms with van der Waals surface area (Å²) < 4.78 is 58.5. The summed E-state index contributed by atoms with van der Waals surface area (Å²) in [7, 11) is -7.68. The topological polar surface area (TPSA) is 109 Å². The molecule has 6 nitrogen and oxygen atoms in total. The van der Waals surface area contributed by atoms with E-state index in [4.69, 9.17) is 9.11 Å². The quantitative estimate of drug-likeness (QED) is 0.250. The summed E-state index contributed by atoms with van der Waals surface area (Å²) in [4.78, 5) is 0. The van der Waals surface area contributed by atoms with Gasteiger partial charge in [0.15, 0.2) is 0 Å². The van der Waals surface area contributed by atoms with E-state index in [1.54, 1.807) is 23.5 Å². The largest absolute Gasteiger partial charge is 1.00 e. The van der Waals surface area contributed by atoms with E-state index in [1.807, 2.05) is 0 Å². The van der Waals surface area contributed by atoms with Gasteiger partial charge >= 0.3 is 29.6 Å². The fourth-order valence-corrected chi connectivity index (χ4v) is 4.44. The van der Waals surface area contributed by atoms with Crippen molar-refractivity contribution in [3.05, 3.63) is 0 Å². The first-order chi connectivity index (χ1) is 8.21. The summed E-state index contributed by atoms with van der Waals surface area (Å²) >= 11 is 3.19. The van der Waals surface area contributed by atoms with Gasteiger partial charge in [-0.25, -0.2) is 0 Å². The normalized spacial score (nSPS) is 12.1. The molecule has 0 aliphatic heterocycles. The first-order valence-corrected chi connectivity index (χ1v) is 10.8. The van der Waals surface area contributed by atoms with Crippen LogP contribution in [0, 0.1) is 0 Å². The van der Waals surface area contributed by atoms with Crippen LogP contribution in [-0.2, 0) is 20.2 Å². The van der Waals surface area contributed by atoms with Crippen molar-refractivity contribution in [2.45, 2.75) is 12.8 Å². The van der Waals surface area contributed by atoms with E-state index in [-0.39, 0.29) is 42.5 Å². The van der Waals surface area contributed by atoms with E-state index in [2.05, 4.69) is 0 Å². The van der Waals surface area contributed by atoms with Gasteiger partial charge in [-0.3, -0.25) is 9.11 Å². The standard InChI is InChI=1S/C8H18O6S4.Na.H/c9-17(10,11)7-1-3-15-5-6-16-4-2-8-18(12,13)14;;/h1-8H2,(H,9,10,11)(H,12,13,14);;/q;+1;-1. The molecule has 0 amide bonds. The fraction of sp³-hybridized carbons (Fsp3) is 1.00. The maximum absolute atomic E-state index is 10.4. The molecular weight excluding hydrogens is 343 g/mol. The molecule has 0 saturated heterocycles. The molecule has 0 bridgehead atoms. The molecule has 0 unspecified atom stereocenters. The SMILES string of the molecule is O=S(=O)(O)CCCSCCSCCCS(=O)(=O)O.[H-].[Na+]. The van der Waals surface area contributed by atoms with Crippen molar-refractivity contribution in [1.82, 2.24) is 0 Å². The molecule has 0 aromatic carbocycles. The van der Waals surface area contributed by atoms with Gasteiger partial charge in [0.1, 0.15) is 0 Å². The molecule has 0 rings (SSSR count). The van der Waals surface area contributed by atoms with Crippen LogP contribution in [0.1, 0.15) is 14.3 Å². The third kappa shape index (κ3) is 22.0. The van der Waals surface area contributed by atoms with E-state index in [1.165, 1.54) is 0 Å². The van der Waals surface area contributed by atoms with E-state index < -0.39 is 20.2 Å². The molecule has 0 saturated carbocycles. The summed E-state index contributed by atoms with van der Waals surface area (Å²) in [6.45, 7) is 0. The van der Waals surface area contributed by atoms with Gasteiger partial charge in [0.05, 0.1) is 11.5 Å². The zero-order chi connectivity index (χ0) is 14.1. The summed E-state index contributed by atoms with van der Waals surface area (Å²) in [5.41, 5.74) is 0. The van der Waals surface area contributed by atoms with Crippen LogP contribution < -0.4 is 29.6 Å². The third-order valence-electron chi connectivity index (χ3n) is 1.75. The summed E-state index contributed by atoms with van der Waals surface area (Å²) in [5, 5.41) is 0. The summed E-state index contributed by atoms with van der Waals surface area (Å²) in [5.74, 6) is 2.63. The van der Waals surface area contributed by atoms with Gasteiger partial charge in [-0.2, -0.15) is 40.4 Å². The Morgan fingerprint density at radius 3 is 1.32 bits per heavy atom. The number of thioether (sulfide) groups is 2. The zero-order valence-electron chi connectivity index (χ0n) is 11.8. The molecule has 0 aromatic rings. The molecule has 0 fully saturated rings. The fourth-order valence-electron chi connectivity index (χ4n) is 1.01. The Morgan fingerprint density at radius 1 is 0.737 bits per heavy atom. The Balaban J connectivity index is -0.00000144. The van der Waals surface area contributed by atoms with Crippen LogP contribution in [0.15, 0.2) is 0 Å². The van der Waals surface area contributed by atoms with Gasteiger partial charge in [0.2, 0.25) is 0 Å². The monoisotopic (exact) mass is 362 g/mol. The van der Waals surface area contributed by atoms with Gasteiger partial charge in [-0.1, -0.05) is 0 Å². The molecule has 0 spiro atoms. The molecule has 0 aromatic heterocycles. The Hall–Kier alpha value is 1.52. The smallest absolute Gasteiger partial charge is 1.00 e. The van der Waals surface area contributed by atoms with Crippen molar-refractivity contribution in [1.29, 1.82) is 0 Å². The molecule has 0 aliphatic rings. The van der Waals surface area contributed by atoms with E-state index >= 15 is 0 Å². The summed E-state index contributed by atoms with van der Waals surface area (Å²) in [6, 6.07) is 0. The average Bonchev–Trinajstić information content (AvgIpc) is 2.17. The van der Waals surface area contributed by atoms with Crippen LogP contribution in [0.5, 0.6) is 0 Å². The predicted octanol–water partition coefficient (Wildman–Crippen LogP) is -1.87. The minimum absolute atomic E-state index is 0. The van der Waals surface area contributed by atoms with Crippen LogP contribution in [0.25, 0.3) is 0 Å². The first kappa shape index (κ1) is 22.8. The first-order valence-electron chi connectivity index (χ1n) is 5.26. The van der Waals surface area contributed by atoms with Crippen LogP contribution in [0.3, 0.4) is 0 Å². The van der Waals surface area contributed by atoms with E-state index in [9.17, 15) is 16.8 Å². The molecule has 2 N–H and O–H groups in total. The third-order valence-corrected chi connectivity index (χ3v) is 5.76. The second kappa shape index (κ2) is 12.1. The Labute approximate surface area is 147 Å². The Bertz CT molecular complexity index is 373. The maximum atomic E-state index is 10.4. The van der Waals surface area contributed by atoms with Crippen LogP contribution in [0.2, 0.25) is 0 Å². The predicted molar refractivity (Wildman–Crippen MR) is 77.8 cm³/mol. The number of rotatable bonds is 11. The maximum Gasteiger partial charge on any atom is 1.00 e. The van der Waals surface area contributed by atoms with Gasteiger partial charge < -0.3 is 1.43 Å². The second-order valence-electron chi connectivity index (χ2n) is 3.50. The Morgan fingerprint density at radius 2 is 1.05 bits per heavy atom. The molecule has 0 radical (unpaired) electrons. The average molecular weight is 362 g/mol. The molecule has 0 atom stereocenters. The van der Waals surface area contributed by atoms with Crippen molar-refractivity contribution in [3.8, 4) is 0 Å². The summed E-state index contributed by atoms with van der Waals surface area (Å²) in [6.07, 6.45) is 0.855. The van der Waals surface area contributed by atoms with E-state index in [0.29, 0.717) is 24.3 Å². The molecule has 112 valence electrons. The van der Waals surface area contributed by atoms with Crippen LogP contribution in [-0.4, -0.2) is 60.5 Å². The Kier molecular flexibility index (Phi) is 14.5. The van der Waals surface area contributed by atoms with Gasteiger partial charge in [-0.15, -0.1) is 0 Å². The number of hydrogen-bond acceptors (Lipinski definition) is 6. The molecular formula is C8H19NaO6S4. The molecule has 19 heavy (non-hydrogen) atoms. The van der Waals surface area contributed by atoms with Crippen molar-refractivity contribution in [3.63, 3.8) is 0 Å². The van der Waals surface area contributed by atoms with Crippen molar-refractivity contribution >= 4 is 43.8 Å². The van der Waals surface area contributed by atoms with Gasteiger partial charge in [-0.05, 0) is 24.3 Å². The van der Waals surface area contributed by atoms with Crippen molar-refractivity contribution < 1.29 is 56.9 Å². The van der Waals surface area contributed by atoms with Crippen molar-refractivity contribution in [2.75, 3.05) is 34.5 Å². The van der Waals surface area contributed by atoms with Gasteiger partial charge in [0.25, 0.3) is 20.2 Å². The zero-order valence-corrected chi connectivity index (χ0v) is 16.1. The van der Waals surface area contributed by atoms with Gasteiger partial charge in [0, 0.05) is 11.5 Å². The van der Waals surface area contributed by atoms with Crippen LogP contribution in [0.4, 0.5) is 0 Å². The number of hydrogen-bond donors (Lipinski definition) is 2. The molecule has 0 heterocycles.